The molecule has 0 radical (unpaired) electrons. The van der Waals surface area contributed by atoms with Gasteiger partial charge in [0.2, 0.25) is 0 Å². The summed E-state index contributed by atoms with van der Waals surface area (Å²) in [5, 5.41) is 2.49. The van der Waals surface area contributed by atoms with Crippen molar-refractivity contribution in [2.45, 2.75) is 13.5 Å². The minimum atomic E-state index is -0.641. The first kappa shape index (κ1) is 21.0. The van der Waals surface area contributed by atoms with Crippen LogP contribution in [0.25, 0.3) is 17.4 Å². The van der Waals surface area contributed by atoms with Gasteiger partial charge < -0.3 is 14.5 Å². The monoisotopic (exact) mass is 434 g/mol. The van der Waals surface area contributed by atoms with Gasteiger partial charge in [0.15, 0.2) is 0 Å². The van der Waals surface area contributed by atoms with Crippen molar-refractivity contribution in [3.8, 4) is 11.3 Å². The zero-order valence-corrected chi connectivity index (χ0v) is 17.3. The third kappa shape index (κ3) is 4.02. The molecule has 1 aromatic heterocycles. The maximum absolute atomic E-state index is 13.9. The number of imide groups is 1. The number of nitrogens with one attached hydrogen (secondary N) is 1. The van der Waals surface area contributed by atoms with E-state index in [1.54, 1.807) is 36.4 Å². The van der Waals surface area contributed by atoms with Crippen LogP contribution in [0.2, 0.25) is 0 Å². The molecular formula is C24H19FN2O5. The maximum Gasteiger partial charge on any atom is 0.337 e. The Kier molecular flexibility index (Phi) is 5.59. The lowest BCUT2D eigenvalue weighted by Crippen LogP contribution is -2.30. The normalized spacial score (nSPS) is 14.7. The molecule has 0 saturated carbocycles. The number of carbonyl (C=O) groups is 3. The molecular weight excluding hydrogens is 415 g/mol. The molecule has 32 heavy (non-hydrogen) atoms. The Labute approximate surface area is 183 Å². The van der Waals surface area contributed by atoms with Crippen LogP contribution >= 0.6 is 0 Å². The van der Waals surface area contributed by atoms with Crippen LogP contribution in [0.3, 0.4) is 0 Å². The number of urea groups is 1. The first-order chi connectivity index (χ1) is 15.4. The van der Waals surface area contributed by atoms with E-state index in [-0.39, 0.29) is 17.8 Å². The zero-order valence-electron chi connectivity index (χ0n) is 17.3. The van der Waals surface area contributed by atoms with Crippen molar-refractivity contribution < 1.29 is 27.9 Å². The van der Waals surface area contributed by atoms with Gasteiger partial charge in [-0.05, 0) is 42.8 Å². The lowest BCUT2D eigenvalue weighted by molar-refractivity contribution is -0.123. The molecule has 0 atom stereocenters. The molecule has 0 spiro atoms. The minimum Gasteiger partial charge on any atom is -0.465 e. The molecule has 1 saturated heterocycles. The fourth-order valence-electron chi connectivity index (χ4n) is 3.36. The standard InChI is InChI=1S/C24H19FN2O5/c1-14-7-8-15(23(29)31-2)11-18(14)21-10-9-17(32-21)12-20-22(28)27(24(30)26-20)13-16-5-3-4-6-19(16)25/h3-12H,13H2,1-2H3,(H,26,30)/b20-12+. The summed E-state index contributed by atoms with van der Waals surface area (Å²) in [4.78, 5) is 37.7. The summed E-state index contributed by atoms with van der Waals surface area (Å²) in [5.41, 5.74) is 2.21. The van der Waals surface area contributed by atoms with Crippen molar-refractivity contribution in [2.75, 3.05) is 7.11 Å². The van der Waals surface area contributed by atoms with Crippen molar-refractivity contribution in [2.24, 2.45) is 0 Å². The van der Waals surface area contributed by atoms with Crippen LogP contribution in [-0.2, 0) is 16.1 Å². The lowest BCUT2D eigenvalue weighted by Gasteiger charge is -2.12. The second-order valence-electron chi connectivity index (χ2n) is 7.19. The number of hydrogen-bond acceptors (Lipinski definition) is 5. The maximum atomic E-state index is 13.9. The van der Waals surface area contributed by atoms with Gasteiger partial charge in [-0.2, -0.15) is 0 Å². The number of aryl methyl sites for hydroxylation is 1. The van der Waals surface area contributed by atoms with Gasteiger partial charge in [0.25, 0.3) is 5.91 Å². The van der Waals surface area contributed by atoms with Crippen LogP contribution in [0.4, 0.5) is 9.18 Å². The molecule has 0 aliphatic carbocycles. The number of benzene rings is 2. The molecule has 2 aromatic carbocycles. The molecule has 8 heteroatoms. The number of hydrogen-bond donors (Lipinski definition) is 1. The highest BCUT2D eigenvalue weighted by Gasteiger charge is 2.34. The van der Waals surface area contributed by atoms with Gasteiger partial charge in [-0.25, -0.2) is 14.0 Å². The molecule has 3 aromatic rings. The summed E-state index contributed by atoms with van der Waals surface area (Å²) in [5.74, 6) is -0.723. The lowest BCUT2D eigenvalue weighted by atomic mass is 10.0. The number of carbonyl (C=O) groups excluding carboxylic acids is 3. The van der Waals surface area contributed by atoms with Crippen LogP contribution in [0, 0.1) is 12.7 Å². The highest BCUT2D eigenvalue weighted by Crippen LogP contribution is 2.28. The van der Waals surface area contributed by atoms with Crippen molar-refractivity contribution >= 4 is 24.0 Å². The molecule has 2 heterocycles. The number of methoxy groups -OCH3 is 1. The number of nitrogens with zero attached hydrogens (tertiary/aromatic N) is 1. The smallest absolute Gasteiger partial charge is 0.337 e. The number of rotatable bonds is 5. The Bertz CT molecular complexity index is 1260. The average molecular weight is 434 g/mol. The number of amides is 3. The van der Waals surface area contributed by atoms with Crippen LogP contribution in [0.15, 0.2) is 64.7 Å². The van der Waals surface area contributed by atoms with Gasteiger partial charge in [-0.15, -0.1) is 0 Å². The third-order valence-corrected chi connectivity index (χ3v) is 5.09. The van der Waals surface area contributed by atoms with E-state index in [1.807, 2.05) is 6.92 Å². The van der Waals surface area contributed by atoms with Crippen LogP contribution in [0.5, 0.6) is 0 Å². The molecule has 3 amide bonds. The quantitative estimate of drug-likeness (QED) is 0.368. The van der Waals surface area contributed by atoms with E-state index in [0.717, 1.165) is 10.5 Å². The van der Waals surface area contributed by atoms with Gasteiger partial charge in [0.05, 0.1) is 19.2 Å². The van der Waals surface area contributed by atoms with E-state index in [2.05, 4.69) is 5.32 Å². The van der Waals surface area contributed by atoms with Gasteiger partial charge >= 0.3 is 12.0 Å². The predicted octanol–water partition coefficient (Wildman–Crippen LogP) is 4.27. The van der Waals surface area contributed by atoms with Crippen LogP contribution in [-0.4, -0.2) is 29.9 Å². The molecule has 1 aliphatic rings. The Balaban J connectivity index is 1.57. The van der Waals surface area contributed by atoms with Crippen LogP contribution < -0.4 is 5.32 Å². The predicted molar refractivity (Wildman–Crippen MR) is 114 cm³/mol. The van der Waals surface area contributed by atoms with E-state index in [9.17, 15) is 18.8 Å². The van der Waals surface area contributed by atoms with E-state index in [4.69, 9.17) is 9.15 Å². The Morgan fingerprint density at radius 1 is 1.16 bits per heavy atom. The summed E-state index contributed by atoms with van der Waals surface area (Å²) in [6.07, 6.45) is 1.41. The Morgan fingerprint density at radius 3 is 2.69 bits per heavy atom. The van der Waals surface area contributed by atoms with Gasteiger partial charge in [0, 0.05) is 17.2 Å². The van der Waals surface area contributed by atoms with Gasteiger partial charge in [-0.1, -0.05) is 24.3 Å². The van der Waals surface area contributed by atoms with E-state index in [1.165, 1.54) is 31.4 Å². The third-order valence-electron chi connectivity index (χ3n) is 5.09. The highest BCUT2D eigenvalue weighted by molar-refractivity contribution is 6.13. The molecule has 7 nitrogen and oxygen atoms in total. The number of esters is 1. The molecule has 1 aliphatic heterocycles. The second-order valence-corrected chi connectivity index (χ2v) is 7.19. The first-order valence-electron chi connectivity index (χ1n) is 9.74. The molecule has 1 N–H and O–H groups in total. The Hall–Kier alpha value is -4.20. The first-order valence-corrected chi connectivity index (χ1v) is 9.74. The summed E-state index contributed by atoms with van der Waals surface area (Å²) in [6, 6.07) is 13.8. The largest absolute Gasteiger partial charge is 0.465 e. The summed E-state index contributed by atoms with van der Waals surface area (Å²) in [7, 11) is 1.31. The minimum absolute atomic E-state index is 0.0206. The van der Waals surface area contributed by atoms with Crippen molar-refractivity contribution in [1.82, 2.24) is 10.2 Å². The van der Waals surface area contributed by atoms with Crippen molar-refractivity contribution in [3.05, 3.63) is 88.6 Å². The molecule has 1 fully saturated rings. The van der Waals surface area contributed by atoms with Gasteiger partial charge in [0.1, 0.15) is 23.0 Å². The topological polar surface area (TPSA) is 88.9 Å². The van der Waals surface area contributed by atoms with Gasteiger partial charge in [-0.3, -0.25) is 9.69 Å². The molecule has 0 bridgehead atoms. The van der Waals surface area contributed by atoms with Crippen molar-refractivity contribution in [1.29, 1.82) is 0 Å². The number of ether oxygens (including phenoxy) is 1. The number of halogens is 1. The highest BCUT2D eigenvalue weighted by atomic mass is 19.1. The summed E-state index contributed by atoms with van der Waals surface area (Å²) < 4.78 is 24.5. The summed E-state index contributed by atoms with van der Waals surface area (Å²) >= 11 is 0. The van der Waals surface area contributed by atoms with E-state index < -0.39 is 23.7 Å². The molecule has 4 rings (SSSR count). The van der Waals surface area contributed by atoms with E-state index >= 15 is 0 Å². The zero-order chi connectivity index (χ0) is 22.8. The van der Waals surface area contributed by atoms with E-state index in [0.29, 0.717) is 22.6 Å². The fraction of sp³-hybridized carbons (Fsp3) is 0.125. The summed E-state index contributed by atoms with van der Waals surface area (Å²) in [6.45, 7) is 1.69. The fourth-order valence-corrected chi connectivity index (χ4v) is 3.36. The molecule has 0 unspecified atom stereocenters. The Morgan fingerprint density at radius 2 is 1.94 bits per heavy atom. The number of furan rings is 1. The average Bonchev–Trinajstić information content (AvgIpc) is 3.35. The molecule has 162 valence electrons. The van der Waals surface area contributed by atoms with Crippen LogP contribution in [0.1, 0.15) is 27.2 Å². The SMILES string of the molecule is COC(=O)c1ccc(C)c(-c2ccc(/C=C3/NC(=O)N(Cc4ccccc4F)C3=O)o2)c1. The second kappa shape index (κ2) is 8.50. The van der Waals surface area contributed by atoms with Crippen molar-refractivity contribution in [3.63, 3.8) is 0 Å².